The Balaban J connectivity index is 4.26. The molecule has 0 bridgehead atoms. The van der Waals surface area contributed by atoms with Crippen molar-refractivity contribution in [3.05, 3.63) is 48.6 Å². The van der Waals surface area contributed by atoms with E-state index < -0.39 is 6.10 Å². The van der Waals surface area contributed by atoms with E-state index in [0.717, 1.165) is 109 Å². The van der Waals surface area contributed by atoms with Crippen LogP contribution in [0.3, 0.4) is 0 Å². The van der Waals surface area contributed by atoms with E-state index in [0.29, 0.717) is 19.3 Å². The smallest absolute Gasteiger partial charge is 0.306 e. The maximum absolute atomic E-state index is 12.8. The van der Waals surface area contributed by atoms with Crippen molar-refractivity contribution in [1.29, 1.82) is 0 Å². The minimum Gasteiger partial charge on any atom is -0.462 e. The maximum atomic E-state index is 12.8. The average Bonchev–Trinajstić information content (AvgIpc) is 3.34. The predicted molar refractivity (Wildman–Crippen MR) is 293 cm³/mol. The Morgan fingerprint density at radius 2 is 0.574 bits per heavy atom. The van der Waals surface area contributed by atoms with Crippen LogP contribution in [0.2, 0.25) is 0 Å². The molecule has 0 aromatic carbocycles. The van der Waals surface area contributed by atoms with Gasteiger partial charge in [-0.05, 0) is 70.6 Å². The van der Waals surface area contributed by atoms with Crippen molar-refractivity contribution in [1.82, 2.24) is 0 Å². The van der Waals surface area contributed by atoms with Crippen LogP contribution >= 0.6 is 0 Å². The molecule has 0 rings (SSSR count). The number of allylic oxidation sites excluding steroid dienone is 8. The summed E-state index contributed by atoms with van der Waals surface area (Å²) in [5.74, 6) is -0.896. The molecule has 0 aromatic heterocycles. The number of esters is 3. The van der Waals surface area contributed by atoms with Crippen molar-refractivity contribution in [2.75, 3.05) is 13.2 Å². The van der Waals surface area contributed by atoms with E-state index in [1.54, 1.807) is 0 Å². The van der Waals surface area contributed by atoms with Crippen LogP contribution in [0.5, 0.6) is 0 Å². The van der Waals surface area contributed by atoms with Crippen molar-refractivity contribution in [3.8, 4) is 0 Å². The van der Waals surface area contributed by atoms with Gasteiger partial charge in [0.25, 0.3) is 0 Å². The van der Waals surface area contributed by atoms with Gasteiger partial charge < -0.3 is 14.2 Å². The normalized spacial score (nSPS) is 12.3. The van der Waals surface area contributed by atoms with Crippen molar-refractivity contribution in [2.45, 2.75) is 316 Å². The average molecular weight is 954 g/mol. The summed E-state index contributed by atoms with van der Waals surface area (Å²) in [5, 5.41) is 0. The topological polar surface area (TPSA) is 78.9 Å². The Labute approximate surface area is 422 Å². The Kier molecular flexibility index (Phi) is 54.8. The van der Waals surface area contributed by atoms with Crippen molar-refractivity contribution < 1.29 is 28.6 Å². The summed E-state index contributed by atoms with van der Waals surface area (Å²) in [7, 11) is 0. The quantitative estimate of drug-likeness (QED) is 0.0262. The molecule has 68 heavy (non-hydrogen) atoms. The van der Waals surface area contributed by atoms with E-state index in [4.69, 9.17) is 14.2 Å². The van der Waals surface area contributed by atoms with Gasteiger partial charge >= 0.3 is 17.9 Å². The van der Waals surface area contributed by atoms with E-state index in [1.165, 1.54) is 161 Å². The highest BCUT2D eigenvalue weighted by atomic mass is 16.6. The van der Waals surface area contributed by atoms with Gasteiger partial charge in [-0.25, -0.2) is 0 Å². The van der Waals surface area contributed by atoms with Crippen LogP contribution in [0.25, 0.3) is 0 Å². The number of hydrogen-bond acceptors (Lipinski definition) is 6. The molecular weight excluding hydrogens is 841 g/mol. The summed E-state index contributed by atoms with van der Waals surface area (Å²) in [6.07, 6.45) is 69.7. The second-order valence-electron chi connectivity index (χ2n) is 19.9. The van der Waals surface area contributed by atoms with Gasteiger partial charge in [-0.15, -0.1) is 0 Å². The Morgan fingerprint density at radius 3 is 0.912 bits per heavy atom. The minimum absolute atomic E-state index is 0.0806. The molecule has 1 atom stereocenters. The summed E-state index contributed by atoms with van der Waals surface area (Å²) in [5.41, 5.74) is 0. The number of rotatable bonds is 54. The van der Waals surface area contributed by atoms with Crippen LogP contribution in [0, 0.1) is 0 Å². The Bertz CT molecular complexity index is 1190. The molecule has 0 saturated carbocycles. The van der Waals surface area contributed by atoms with Crippen molar-refractivity contribution in [3.63, 3.8) is 0 Å². The summed E-state index contributed by atoms with van der Waals surface area (Å²) in [4.78, 5) is 38.1. The van der Waals surface area contributed by atoms with Gasteiger partial charge in [-0.3, -0.25) is 14.4 Å². The van der Waals surface area contributed by atoms with Gasteiger partial charge in [0, 0.05) is 19.3 Å². The summed E-state index contributed by atoms with van der Waals surface area (Å²) >= 11 is 0. The molecule has 0 heterocycles. The van der Waals surface area contributed by atoms with Gasteiger partial charge in [0.2, 0.25) is 0 Å². The van der Waals surface area contributed by atoms with Crippen LogP contribution < -0.4 is 0 Å². The maximum Gasteiger partial charge on any atom is 0.306 e. The van der Waals surface area contributed by atoms with Gasteiger partial charge in [0.05, 0.1) is 0 Å². The monoisotopic (exact) mass is 953 g/mol. The fraction of sp³-hybridized carbons (Fsp3) is 0.823. The largest absolute Gasteiger partial charge is 0.462 e. The lowest BCUT2D eigenvalue weighted by Gasteiger charge is -2.18. The molecule has 0 N–H and O–H groups in total. The first-order valence-electron chi connectivity index (χ1n) is 29.6. The van der Waals surface area contributed by atoms with Crippen LogP contribution in [0.15, 0.2) is 48.6 Å². The number of carbonyl (C=O) groups excluding carboxylic acids is 3. The van der Waals surface area contributed by atoms with E-state index in [-0.39, 0.29) is 31.1 Å². The van der Waals surface area contributed by atoms with E-state index in [9.17, 15) is 14.4 Å². The number of carbonyl (C=O) groups is 3. The molecule has 0 aliphatic heterocycles. The third-order valence-electron chi connectivity index (χ3n) is 13.0. The van der Waals surface area contributed by atoms with Gasteiger partial charge in [-0.1, -0.05) is 268 Å². The molecule has 6 nitrogen and oxygen atoms in total. The molecule has 0 fully saturated rings. The summed E-state index contributed by atoms with van der Waals surface area (Å²) in [6.45, 7) is 6.55. The lowest BCUT2D eigenvalue weighted by Crippen LogP contribution is -2.30. The lowest BCUT2D eigenvalue weighted by atomic mass is 10.0. The van der Waals surface area contributed by atoms with E-state index >= 15 is 0 Å². The SMILES string of the molecule is CCC/C=C\C/C=C\CCCCCCCC(=O)OCC(COC(=O)CCCCCCCCCCCCCCCCCCCCCCCCC)OC(=O)CCCCCCC/C=C\C/C=C\CCCC. The second-order valence-corrected chi connectivity index (χ2v) is 19.9. The van der Waals surface area contributed by atoms with Crippen molar-refractivity contribution in [2.24, 2.45) is 0 Å². The number of unbranched alkanes of at least 4 members (excludes halogenated alkanes) is 35. The van der Waals surface area contributed by atoms with Crippen molar-refractivity contribution >= 4 is 17.9 Å². The first-order valence-corrected chi connectivity index (χ1v) is 29.6. The van der Waals surface area contributed by atoms with E-state index in [2.05, 4.69) is 69.4 Å². The zero-order valence-corrected chi connectivity index (χ0v) is 45.4. The molecule has 0 aliphatic carbocycles. The first kappa shape index (κ1) is 65.4. The highest BCUT2D eigenvalue weighted by molar-refractivity contribution is 5.71. The van der Waals surface area contributed by atoms with Gasteiger partial charge in [0.1, 0.15) is 13.2 Å². The Morgan fingerprint density at radius 1 is 0.294 bits per heavy atom. The fourth-order valence-corrected chi connectivity index (χ4v) is 8.56. The number of ether oxygens (including phenoxy) is 3. The molecule has 1 unspecified atom stereocenters. The molecule has 0 radical (unpaired) electrons. The predicted octanol–water partition coefficient (Wildman–Crippen LogP) is 19.8. The van der Waals surface area contributed by atoms with Crippen LogP contribution in [0.1, 0.15) is 310 Å². The molecule has 0 saturated heterocycles. The zero-order chi connectivity index (χ0) is 49.3. The Hall–Kier alpha value is -2.63. The molecule has 0 spiro atoms. The second kappa shape index (κ2) is 57.0. The molecule has 0 aromatic rings. The minimum atomic E-state index is -0.784. The summed E-state index contributed by atoms with van der Waals surface area (Å²) < 4.78 is 16.8. The van der Waals surface area contributed by atoms with Crippen LogP contribution in [-0.2, 0) is 28.6 Å². The third kappa shape index (κ3) is 54.3. The highest BCUT2D eigenvalue weighted by Crippen LogP contribution is 2.17. The standard InChI is InChI=1S/C62H112O6/c1-4-7-10-13-16-19-22-25-27-28-29-30-31-32-33-34-35-38-40-43-46-49-52-55-61(64)67-58-59(57-66-60(63)54-51-48-45-42-39-36-24-21-18-15-12-9-6-3)68-62(65)56-53-50-47-44-41-37-26-23-20-17-14-11-8-5-2/h12,14-15,17,21,23-24,26,59H,4-11,13,16,18-20,22,25,27-58H2,1-3H3/b15-12-,17-14-,24-21-,26-23-. The zero-order valence-electron chi connectivity index (χ0n) is 45.4. The molecule has 0 aliphatic rings. The molecule has 6 heteroatoms. The molecular formula is C62H112O6. The lowest BCUT2D eigenvalue weighted by molar-refractivity contribution is -0.167. The molecule has 396 valence electrons. The van der Waals surface area contributed by atoms with E-state index in [1.807, 2.05) is 0 Å². The molecule has 0 amide bonds. The van der Waals surface area contributed by atoms with Gasteiger partial charge in [0.15, 0.2) is 6.10 Å². The van der Waals surface area contributed by atoms with Crippen LogP contribution in [-0.4, -0.2) is 37.2 Å². The third-order valence-corrected chi connectivity index (χ3v) is 13.0. The highest BCUT2D eigenvalue weighted by Gasteiger charge is 2.19. The van der Waals surface area contributed by atoms with Crippen LogP contribution in [0.4, 0.5) is 0 Å². The van der Waals surface area contributed by atoms with Gasteiger partial charge in [-0.2, -0.15) is 0 Å². The fourth-order valence-electron chi connectivity index (χ4n) is 8.56. The first-order chi connectivity index (χ1) is 33.5. The summed E-state index contributed by atoms with van der Waals surface area (Å²) in [6, 6.07) is 0. The number of hydrogen-bond donors (Lipinski definition) is 0.